The molecule has 1 rings (SSSR count). The van der Waals surface area contributed by atoms with Gasteiger partial charge in [-0.3, -0.25) is 9.88 Å². The molecule has 0 aromatic carbocycles. The molecule has 1 aromatic rings. The van der Waals surface area contributed by atoms with Gasteiger partial charge in [0.25, 0.3) is 0 Å². The third kappa shape index (κ3) is 5.19. The number of nitrogens with zero attached hydrogens (tertiary/aromatic N) is 2. The molecule has 2 N–H and O–H groups in total. The Balaban J connectivity index is 2.97. The number of ether oxygens (including phenoxy) is 1. The summed E-state index contributed by atoms with van der Waals surface area (Å²) in [6.07, 6.45) is 2.78. The maximum atomic E-state index is 6.38. The van der Waals surface area contributed by atoms with Crippen LogP contribution >= 0.6 is 0 Å². The second-order valence-electron chi connectivity index (χ2n) is 5.65. The first kappa shape index (κ1) is 17.1. The van der Waals surface area contributed by atoms with Crippen molar-refractivity contribution in [3.8, 4) is 0 Å². The molecule has 0 aliphatic heterocycles. The predicted octanol–water partition coefficient (Wildman–Crippen LogP) is 2.46. The molecule has 0 saturated heterocycles. The highest BCUT2D eigenvalue weighted by Crippen LogP contribution is 2.24. The smallest absolute Gasteiger partial charge is 0.0674 e. The molecular formula is C16H29N3O. The Bertz CT molecular complexity index is 356. The van der Waals surface area contributed by atoms with Crippen molar-refractivity contribution in [1.82, 2.24) is 9.88 Å². The van der Waals surface area contributed by atoms with Crippen LogP contribution in [-0.4, -0.2) is 42.7 Å². The number of aromatic nitrogens is 1. The van der Waals surface area contributed by atoms with Crippen LogP contribution in [0.25, 0.3) is 0 Å². The van der Waals surface area contributed by atoms with Gasteiger partial charge < -0.3 is 10.5 Å². The van der Waals surface area contributed by atoms with Crippen LogP contribution in [0.2, 0.25) is 0 Å². The van der Waals surface area contributed by atoms with Crippen LogP contribution in [0.4, 0.5) is 0 Å². The first-order valence-electron chi connectivity index (χ1n) is 7.49. The van der Waals surface area contributed by atoms with Gasteiger partial charge in [-0.15, -0.1) is 0 Å². The number of pyridine rings is 1. The Kier molecular flexibility index (Phi) is 7.73. The van der Waals surface area contributed by atoms with Crippen LogP contribution in [0, 0.1) is 5.92 Å². The van der Waals surface area contributed by atoms with Crippen molar-refractivity contribution in [3.05, 3.63) is 30.1 Å². The lowest BCUT2D eigenvalue weighted by molar-refractivity contribution is 0.0958. The van der Waals surface area contributed by atoms with Crippen molar-refractivity contribution in [2.24, 2.45) is 11.7 Å². The monoisotopic (exact) mass is 279 g/mol. The highest BCUT2D eigenvalue weighted by atomic mass is 16.5. The lowest BCUT2D eigenvalue weighted by Gasteiger charge is -2.35. The number of hydrogen-bond acceptors (Lipinski definition) is 4. The largest absolute Gasteiger partial charge is 0.383 e. The minimum Gasteiger partial charge on any atom is -0.383 e. The van der Waals surface area contributed by atoms with Crippen LogP contribution < -0.4 is 5.73 Å². The van der Waals surface area contributed by atoms with E-state index in [1.165, 1.54) is 0 Å². The van der Waals surface area contributed by atoms with E-state index in [2.05, 4.69) is 36.7 Å². The molecule has 4 heteroatoms. The summed E-state index contributed by atoms with van der Waals surface area (Å²) in [6, 6.07) is 6.28. The Labute approximate surface area is 123 Å². The van der Waals surface area contributed by atoms with Crippen molar-refractivity contribution in [3.63, 3.8) is 0 Å². The summed E-state index contributed by atoms with van der Waals surface area (Å²) in [5, 5.41) is 0. The standard InChI is InChI=1S/C16H29N3O/c1-5-14(17)16(15-8-6-7-9-18-15)19(10-11-20-4)12-13(2)3/h6-9,13-14,16H,5,10-12,17H2,1-4H3. The molecule has 0 fully saturated rings. The first-order valence-corrected chi connectivity index (χ1v) is 7.49. The van der Waals surface area contributed by atoms with E-state index in [1.54, 1.807) is 7.11 Å². The SMILES string of the molecule is CCC(N)C(c1ccccn1)N(CCOC)CC(C)C. The van der Waals surface area contributed by atoms with Crippen LogP contribution in [0.5, 0.6) is 0 Å². The molecule has 0 spiro atoms. The summed E-state index contributed by atoms with van der Waals surface area (Å²) in [7, 11) is 1.74. The Morgan fingerprint density at radius 2 is 2.10 bits per heavy atom. The highest BCUT2D eigenvalue weighted by molar-refractivity contribution is 5.11. The molecule has 2 atom stereocenters. The second kappa shape index (κ2) is 9.06. The topological polar surface area (TPSA) is 51.4 Å². The lowest BCUT2D eigenvalue weighted by atomic mass is 9.99. The zero-order valence-electron chi connectivity index (χ0n) is 13.2. The Morgan fingerprint density at radius 3 is 2.60 bits per heavy atom. The predicted molar refractivity (Wildman–Crippen MR) is 83.5 cm³/mol. The molecule has 0 radical (unpaired) electrons. The summed E-state index contributed by atoms with van der Waals surface area (Å²) in [5.41, 5.74) is 7.43. The van der Waals surface area contributed by atoms with E-state index in [-0.39, 0.29) is 12.1 Å². The van der Waals surface area contributed by atoms with Crippen molar-refractivity contribution in [2.75, 3.05) is 26.8 Å². The maximum Gasteiger partial charge on any atom is 0.0674 e. The van der Waals surface area contributed by atoms with Crippen molar-refractivity contribution in [2.45, 2.75) is 39.3 Å². The van der Waals surface area contributed by atoms with Gasteiger partial charge in [0.1, 0.15) is 0 Å². The van der Waals surface area contributed by atoms with Gasteiger partial charge in [0, 0.05) is 32.4 Å². The van der Waals surface area contributed by atoms with E-state index in [9.17, 15) is 0 Å². The third-order valence-corrected chi connectivity index (χ3v) is 3.44. The van der Waals surface area contributed by atoms with Gasteiger partial charge in [-0.2, -0.15) is 0 Å². The van der Waals surface area contributed by atoms with Gasteiger partial charge in [-0.1, -0.05) is 26.8 Å². The molecule has 1 aromatic heterocycles. The fourth-order valence-electron chi connectivity index (χ4n) is 2.47. The van der Waals surface area contributed by atoms with Gasteiger partial charge in [-0.05, 0) is 24.5 Å². The second-order valence-corrected chi connectivity index (χ2v) is 5.65. The molecule has 20 heavy (non-hydrogen) atoms. The van der Waals surface area contributed by atoms with Gasteiger partial charge >= 0.3 is 0 Å². The highest BCUT2D eigenvalue weighted by Gasteiger charge is 2.27. The molecular weight excluding hydrogens is 250 g/mol. The fraction of sp³-hybridized carbons (Fsp3) is 0.688. The quantitative estimate of drug-likeness (QED) is 0.754. The van der Waals surface area contributed by atoms with Gasteiger partial charge in [0.15, 0.2) is 0 Å². The third-order valence-electron chi connectivity index (χ3n) is 3.44. The summed E-state index contributed by atoms with van der Waals surface area (Å²) in [6.45, 7) is 9.18. The molecule has 0 saturated carbocycles. The zero-order chi connectivity index (χ0) is 15.0. The lowest BCUT2D eigenvalue weighted by Crippen LogP contribution is -2.44. The summed E-state index contributed by atoms with van der Waals surface area (Å²) in [5.74, 6) is 0.585. The summed E-state index contributed by atoms with van der Waals surface area (Å²) < 4.78 is 5.25. The molecule has 0 amide bonds. The average molecular weight is 279 g/mol. The molecule has 0 bridgehead atoms. The number of hydrogen-bond donors (Lipinski definition) is 1. The molecule has 0 aliphatic carbocycles. The molecule has 2 unspecified atom stereocenters. The maximum absolute atomic E-state index is 6.38. The summed E-state index contributed by atoms with van der Waals surface area (Å²) >= 11 is 0. The van der Waals surface area contributed by atoms with Crippen LogP contribution in [-0.2, 0) is 4.74 Å². The van der Waals surface area contributed by atoms with E-state index in [0.717, 1.165) is 25.2 Å². The summed E-state index contributed by atoms with van der Waals surface area (Å²) in [4.78, 5) is 6.93. The minimum absolute atomic E-state index is 0.0838. The Morgan fingerprint density at radius 1 is 1.35 bits per heavy atom. The van der Waals surface area contributed by atoms with Crippen molar-refractivity contribution in [1.29, 1.82) is 0 Å². The van der Waals surface area contributed by atoms with Crippen LogP contribution in [0.1, 0.15) is 38.9 Å². The molecule has 4 nitrogen and oxygen atoms in total. The number of nitrogens with two attached hydrogens (primary N) is 1. The van der Waals surface area contributed by atoms with Gasteiger partial charge in [-0.25, -0.2) is 0 Å². The molecule has 114 valence electrons. The number of methoxy groups -OCH3 is 1. The normalized spacial score (nSPS) is 14.8. The fourth-order valence-corrected chi connectivity index (χ4v) is 2.47. The van der Waals surface area contributed by atoms with Crippen molar-refractivity contribution < 1.29 is 4.74 Å². The van der Waals surface area contributed by atoms with E-state index >= 15 is 0 Å². The van der Waals surface area contributed by atoms with E-state index < -0.39 is 0 Å². The average Bonchev–Trinajstić information content (AvgIpc) is 2.45. The first-order chi connectivity index (χ1) is 9.60. The zero-order valence-corrected chi connectivity index (χ0v) is 13.2. The Hall–Kier alpha value is -0.970. The minimum atomic E-state index is 0.0838. The van der Waals surface area contributed by atoms with Crippen LogP contribution in [0.15, 0.2) is 24.4 Å². The van der Waals surface area contributed by atoms with Crippen LogP contribution in [0.3, 0.4) is 0 Å². The van der Waals surface area contributed by atoms with Crippen molar-refractivity contribution >= 4 is 0 Å². The van der Waals surface area contributed by atoms with Gasteiger partial charge in [0.2, 0.25) is 0 Å². The molecule has 1 heterocycles. The van der Waals surface area contributed by atoms with Gasteiger partial charge in [0.05, 0.1) is 18.3 Å². The van der Waals surface area contributed by atoms with E-state index in [0.29, 0.717) is 12.5 Å². The molecule has 0 aliphatic rings. The van der Waals surface area contributed by atoms with E-state index in [1.807, 2.05) is 18.3 Å². The number of rotatable bonds is 9. The van der Waals surface area contributed by atoms with E-state index in [4.69, 9.17) is 10.5 Å².